The van der Waals surface area contributed by atoms with Gasteiger partial charge < -0.3 is 4.90 Å². The first-order valence-corrected chi connectivity index (χ1v) is 9.74. The molecule has 1 amide bonds. The molecule has 122 valence electrons. The fourth-order valence-corrected chi connectivity index (χ4v) is 4.93. The summed E-state index contributed by atoms with van der Waals surface area (Å²) in [6.45, 7) is 4.74. The number of thiophene rings is 1. The van der Waals surface area contributed by atoms with E-state index in [1.54, 1.807) is 11.3 Å². The van der Waals surface area contributed by atoms with Gasteiger partial charge in [0, 0.05) is 17.5 Å². The molecule has 1 aliphatic carbocycles. The first-order valence-electron chi connectivity index (χ1n) is 8.86. The molecule has 0 radical (unpaired) electrons. The van der Waals surface area contributed by atoms with E-state index in [0.717, 1.165) is 25.9 Å². The van der Waals surface area contributed by atoms with E-state index in [2.05, 4.69) is 34.2 Å². The highest BCUT2D eigenvalue weighted by Gasteiger charge is 2.32. The quantitative estimate of drug-likeness (QED) is 0.816. The van der Waals surface area contributed by atoms with Crippen molar-refractivity contribution in [2.75, 3.05) is 19.6 Å². The van der Waals surface area contributed by atoms with Gasteiger partial charge in [0.2, 0.25) is 5.91 Å². The Morgan fingerprint density at radius 3 is 2.77 bits per heavy atom. The fourth-order valence-electron chi connectivity index (χ4n) is 4.05. The van der Waals surface area contributed by atoms with Crippen LogP contribution in [-0.2, 0) is 4.79 Å². The average molecular weight is 321 g/mol. The topological polar surface area (TPSA) is 23.6 Å². The number of carbonyl (C=O) groups excluding carboxylic acids is 1. The summed E-state index contributed by atoms with van der Waals surface area (Å²) in [5.41, 5.74) is 0. The molecule has 2 aliphatic rings. The zero-order valence-corrected chi connectivity index (χ0v) is 14.5. The second-order valence-corrected chi connectivity index (χ2v) is 7.59. The molecule has 0 bridgehead atoms. The molecular weight excluding hydrogens is 292 g/mol. The molecule has 1 aromatic heterocycles. The maximum atomic E-state index is 12.9. The summed E-state index contributed by atoms with van der Waals surface area (Å²) < 4.78 is 0. The third kappa shape index (κ3) is 3.54. The van der Waals surface area contributed by atoms with Crippen molar-refractivity contribution in [3.63, 3.8) is 0 Å². The molecule has 1 aromatic rings. The van der Waals surface area contributed by atoms with E-state index in [1.165, 1.54) is 37.0 Å². The van der Waals surface area contributed by atoms with E-state index < -0.39 is 0 Å². The number of nitrogens with zero attached hydrogens (tertiary/aromatic N) is 2. The second kappa shape index (κ2) is 7.60. The highest BCUT2D eigenvalue weighted by molar-refractivity contribution is 7.10. The number of likely N-dealkylation sites (tertiary alicyclic amines) is 1. The van der Waals surface area contributed by atoms with Gasteiger partial charge in [-0.15, -0.1) is 11.3 Å². The van der Waals surface area contributed by atoms with Crippen molar-refractivity contribution in [2.24, 2.45) is 0 Å². The van der Waals surface area contributed by atoms with Gasteiger partial charge >= 0.3 is 0 Å². The predicted molar refractivity (Wildman–Crippen MR) is 92.1 cm³/mol. The lowest BCUT2D eigenvalue weighted by Gasteiger charge is -2.35. The Balaban J connectivity index is 1.62. The third-order valence-electron chi connectivity index (χ3n) is 5.28. The summed E-state index contributed by atoms with van der Waals surface area (Å²) in [5.74, 6) is 0.336. The number of amides is 1. The van der Waals surface area contributed by atoms with E-state index >= 15 is 0 Å². The molecule has 2 fully saturated rings. The number of hydrogen-bond acceptors (Lipinski definition) is 3. The smallest absolute Gasteiger partial charge is 0.237 e. The van der Waals surface area contributed by atoms with Crippen molar-refractivity contribution in [1.29, 1.82) is 0 Å². The molecule has 0 N–H and O–H groups in total. The van der Waals surface area contributed by atoms with Crippen LogP contribution in [0.3, 0.4) is 0 Å². The van der Waals surface area contributed by atoms with Crippen molar-refractivity contribution in [1.82, 2.24) is 9.80 Å². The lowest BCUT2D eigenvalue weighted by Crippen LogP contribution is -2.45. The number of carbonyl (C=O) groups is 1. The molecule has 1 unspecified atom stereocenters. The molecule has 1 saturated heterocycles. The second-order valence-electron chi connectivity index (χ2n) is 6.62. The van der Waals surface area contributed by atoms with Crippen molar-refractivity contribution < 1.29 is 4.79 Å². The largest absolute Gasteiger partial charge is 0.334 e. The molecule has 2 heterocycles. The van der Waals surface area contributed by atoms with Crippen LogP contribution >= 0.6 is 11.3 Å². The fraction of sp³-hybridized carbons (Fsp3) is 0.722. The van der Waals surface area contributed by atoms with Crippen LogP contribution in [0.5, 0.6) is 0 Å². The summed E-state index contributed by atoms with van der Waals surface area (Å²) in [7, 11) is 0. The van der Waals surface area contributed by atoms with Crippen LogP contribution in [0.2, 0.25) is 0 Å². The minimum absolute atomic E-state index is 0.331. The van der Waals surface area contributed by atoms with Crippen LogP contribution < -0.4 is 0 Å². The number of rotatable bonds is 5. The zero-order valence-electron chi connectivity index (χ0n) is 13.7. The van der Waals surface area contributed by atoms with E-state index in [9.17, 15) is 4.79 Å². The summed E-state index contributed by atoms with van der Waals surface area (Å²) >= 11 is 1.79. The monoisotopic (exact) mass is 320 g/mol. The van der Waals surface area contributed by atoms with E-state index in [4.69, 9.17) is 0 Å². The molecule has 3 nitrogen and oxygen atoms in total. The maximum Gasteiger partial charge on any atom is 0.237 e. The molecule has 3 rings (SSSR count). The molecule has 22 heavy (non-hydrogen) atoms. The Bertz CT molecular complexity index is 467. The molecule has 1 atom stereocenters. The molecule has 4 heteroatoms. The van der Waals surface area contributed by atoms with E-state index in [-0.39, 0.29) is 0 Å². The third-order valence-corrected chi connectivity index (χ3v) is 6.25. The van der Waals surface area contributed by atoms with Crippen LogP contribution in [0.4, 0.5) is 0 Å². The highest BCUT2D eigenvalue weighted by Crippen LogP contribution is 2.34. The van der Waals surface area contributed by atoms with Gasteiger partial charge in [0.25, 0.3) is 0 Å². The first-order chi connectivity index (χ1) is 10.8. The predicted octanol–water partition coefficient (Wildman–Crippen LogP) is 4.07. The first kappa shape index (κ1) is 16.0. The zero-order chi connectivity index (χ0) is 15.4. The van der Waals surface area contributed by atoms with Crippen molar-refractivity contribution in [3.8, 4) is 0 Å². The van der Waals surface area contributed by atoms with Crippen molar-refractivity contribution >= 4 is 17.2 Å². The van der Waals surface area contributed by atoms with E-state index in [1.807, 2.05) is 0 Å². The molecular formula is C18H28N2OS. The van der Waals surface area contributed by atoms with Crippen LogP contribution in [0, 0.1) is 0 Å². The van der Waals surface area contributed by atoms with Crippen LogP contribution in [-0.4, -0.2) is 41.4 Å². The van der Waals surface area contributed by atoms with Crippen LogP contribution in [0.25, 0.3) is 0 Å². The Hall–Kier alpha value is -0.870. The minimum atomic E-state index is 0.331. The maximum absolute atomic E-state index is 12.9. The van der Waals surface area contributed by atoms with Gasteiger partial charge in [0.1, 0.15) is 0 Å². The van der Waals surface area contributed by atoms with Gasteiger partial charge in [0.15, 0.2) is 0 Å². The highest BCUT2D eigenvalue weighted by atomic mass is 32.1. The summed E-state index contributed by atoms with van der Waals surface area (Å²) in [6.07, 6.45) is 8.85. The van der Waals surface area contributed by atoms with Gasteiger partial charge in [0.05, 0.1) is 12.6 Å². The molecule has 0 spiro atoms. The SMILES string of the molecule is CCN(CC(=O)N1CCCC1c1cccs1)C1CCCCC1. The standard InChI is InChI=1S/C18H28N2OS/c1-2-19(15-8-4-3-5-9-15)14-18(21)20-12-6-10-16(20)17-11-7-13-22-17/h7,11,13,15-16H,2-6,8-10,12,14H2,1H3. The minimum Gasteiger partial charge on any atom is -0.334 e. The van der Waals surface area contributed by atoms with Gasteiger partial charge in [-0.1, -0.05) is 32.3 Å². The van der Waals surface area contributed by atoms with Crippen LogP contribution in [0.15, 0.2) is 17.5 Å². The summed E-state index contributed by atoms with van der Waals surface area (Å²) in [6, 6.07) is 5.24. The van der Waals surface area contributed by atoms with Crippen molar-refractivity contribution in [3.05, 3.63) is 22.4 Å². The lowest BCUT2D eigenvalue weighted by molar-refractivity contribution is -0.134. The van der Waals surface area contributed by atoms with Crippen molar-refractivity contribution in [2.45, 2.75) is 64.0 Å². The van der Waals surface area contributed by atoms with Gasteiger partial charge in [-0.3, -0.25) is 9.69 Å². The number of hydrogen-bond donors (Lipinski definition) is 0. The Morgan fingerprint density at radius 2 is 2.09 bits per heavy atom. The lowest BCUT2D eigenvalue weighted by atomic mass is 9.94. The molecule has 1 saturated carbocycles. The Kier molecular flexibility index (Phi) is 5.53. The van der Waals surface area contributed by atoms with Gasteiger partial charge in [-0.2, -0.15) is 0 Å². The Labute approximate surface area is 138 Å². The van der Waals surface area contributed by atoms with Gasteiger partial charge in [-0.05, 0) is 43.7 Å². The summed E-state index contributed by atoms with van der Waals surface area (Å²) in [5, 5.41) is 2.12. The van der Waals surface area contributed by atoms with Gasteiger partial charge in [-0.25, -0.2) is 0 Å². The average Bonchev–Trinajstić information content (AvgIpc) is 3.23. The number of likely N-dealkylation sites (N-methyl/N-ethyl adjacent to an activating group) is 1. The summed E-state index contributed by atoms with van der Waals surface area (Å²) in [4.78, 5) is 18.8. The van der Waals surface area contributed by atoms with E-state index in [0.29, 0.717) is 24.5 Å². The molecule has 1 aliphatic heterocycles. The van der Waals surface area contributed by atoms with Crippen LogP contribution in [0.1, 0.15) is 62.8 Å². The normalized spacial score (nSPS) is 23.4. The molecule has 0 aromatic carbocycles. The Morgan fingerprint density at radius 1 is 1.27 bits per heavy atom.